The molecule has 0 saturated carbocycles. The number of aromatic nitrogens is 2. The van der Waals surface area contributed by atoms with Crippen LogP contribution in [0.2, 0.25) is 0 Å². The van der Waals surface area contributed by atoms with Crippen molar-refractivity contribution in [2.24, 2.45) is 0 Å². The van der Waals surface area contributed by atoms with Gasteiger partial charge in [-0.1, -0.05) is 32.4 Å². The quantitative estimate of drug-likeness (QED) is 0.687. The Labute approximate surface area is 132 Å². The number of nitrogens with two attached hydrogens (primary N) is 1. The molecule has 0 bridgehead atoms. The molecule has 0 aliphatic carbocycles. The monoisotopic (exact) mass is 299 g/mol. The average Bonchev–Trinajstić information content (AvgIpc) is 2.55. The van der Waals surface area contributed by atoms with E-state index < -0.39 is 0 Å². The summed E-state index contributed by atoms with van der Waals surface area (Å²) < 4.78 is 0. The van der Waals surface area contributed by atoms with Gasteiger partial charge in [-0.05, 0) is 37.0 Å². The highest BCUT2D eigenvalue weighted by Crippen LogP contribution is 2.25. The van der Waals surface area contributed by atoms with E-state index in [0.717, 1.165) is 25.1 Å². The zero-order valence-electron chi connectivity index (χ0n) is 13.4. The van der Waals surface area contributed by atoms with Gasteiger partial charge in [-0.25, -0.2) is 9.97 Å². The number of aryl methyl sites for hydroxylation is 1. The van der Waals surface area contributed by atoms with Gasteiger partial charge >= 0.3 is 0 Å². The van der Waals surface area contributed by atoms with Crippen LogP contribution in [0.15, 0.2) is 30.6 Å². The Morgan fingerprint density at radius 2 is 1.73 bits per heavy atom. The van der Waals surface area contributed by atoms with Gasteiger partial charge in [0.25, 0.3) is 0 Å². The van der Waals surface area contributed by atoms with Crippen molar-refractivity contribution in [2.45, 2.75) is 39.5 Å². The third-order valence-electron chi connectivity index (χ3n) is 3.46. The lowest BCUT2D eigenvalue weighted by atomic mass is 10.1. The summed E-state index contributed by atoms with van der Waals surface area (Å²) in [5.74, 6) is 1.31. The Bertz CT molecular complexity index is 580. The molecular formula is C17H25N5. The number of benzene rings is 1. The average molecular weight is 299 g/mol. The number of rotatable bonds is 8. The third kappa shape index (κ3) is 4.35. The zero-order chi connectivity index (χ0) is 15.8. The molecule has 118 valence electrons. The lowest BCUT2D eigenvalue weighted by molar-refractivity contribution is 0.795. The molecule has 0 aliphatic heterocycles. The van der Waals surface area contributed by atoms with Crippen LogP contribution in [-0.2, 0) is 6.42 Å². The first-order valence-corrected chi connectivity index (χ1v) is 7.94. The number of hydrogen-bond donors (Lipinski definition) is 3. The molecule has 0 fully saturated rings. The maximum Gasteiger partial charge on any atom is 0.159 e. The fourth-order valence-electron chi connectivity index (χ4n) is 2.15. The van der Waals surface area contributed by atoms with Gasteiger partial charge in [0.1, 0.15) is 12.0 Å². The Hall–Kier alpha value is -2.30. The van der Waals surface area contributed by atoms with E-state index in [9.17, 15) is 0 Å². The smallest absolute Gasteiger partial charge is 0.159 e. The molecule has 4 N–H and O–H groups in total. The molecule has 1 heterocycles. The lowest BCUT2D eigenvalue weighted by Crippen LogP contribution is -2.08. The molecule has 0 saturated heterocycles. The summed E-state index contributed by atoms with van der Waals surface area (Å²) in [6.07, 6.45) is 6.10. The van der Waals surface area contributed by atoms with E-state index in [1.165, 1.54) is 24.7 Å². The highest BCUT2D eigenvalue weighted by atomic mass is 15.1. The van der Waals surface area contributed by atoms with Crippen LogP contribution in [0.4, 0.5) is 23.0 Å². The molecular weight excluding hydrogens is 274 g/mol. The molecule has 0 aliphatic rings. The highest BCUT2D eigenvalue weighted by Gasteiger charge is 2.07. The Balaban J connectivity index is 2.06. The first-order chi connectivity index (χ1) is 10.7. The topological polar surface area (TPSA) is 75.9 Å². The normalized spacial score (nSPS) is 10.5. The minimum atomic E-state index is 0.547. The molecule has 0 amide bonds. The second-order valence-electron chi connectivity index (χ2n) is 5.34. The third-order valence-corrected chi connectivity index (χ3v) is 3.46. The molecule has 0 unspecified atom stereocenters. The summed E-state index contributed by atoms with van der Waals surface area (Å²) in [4.78, 5) is 8.41. The SMILES string of the molecule is CCCCc1ccc(Nc2ncnc(NCCC)c2N)cc1. The molecule has 22 heavy (non-hydrogen) atoms. The molecule has 5 heteroatoms. The molecule has 0 spiro atoms. The van der Waals surface area contributed by atoms with Crippen molar-refractivity contribution in [2.75, 3.05) is 22.9 Å². The van der Waals surface area contributed by atoms with Crippen molar-refractivity contribution in [1.29, 1.82) is 0 Å². The first kappa shape index (κ1) is 16.1. The van der Waals surface area contributed by atoms with Crippen LogP contribution in [-0.4, -0.2) is 16.5 Å². The summed E-state index contributed by atoms with van der Waals surface area (Å²) in [5, 5.41) is 6.46. The Kier molecular flexibility index (Phi) is 6.01. The maximum atomic E-state index is 6.12. The van der Waals surface area contributed by atoms with Gasteiger partial charge in [0.15, 0.2) is 11.6 Å². The molecule has 2 rings (SSSR count). The van der Waals surface area contributed by atoms with Gasteiger partial charge in [-0.3, -0.25) is 0 Å². The second kappa shape index (κ2) is 8.22. The van der Waals surface area contributed by atoms with E-state index >= 15 is 0 Å². The van der Waals surface area contributed by atoms with E-state index in [4.69, 9.17) is 5.73 Å². The summed E-state index contributed by atoms with van der Waals surface area (Å²) in [6, 6.07) is 8.41. The first-order valence-electron chi connectivity index (χ1n) is 7.94. The Morgan fingerprint density at radius 1 is 1.00 bits per heavy atom. The van der Waals surface area contributed by atoms with E-state index in [1.54, 1.807) is 0 Å². The standard InChI is InChI=1S/C17H25N5/c1-3-5-6-13-7-9-14(10-8-13)22-17-15(18)16(19-11-4-2)20-12-21-17/h7-10,12H,3-6,11,18H2,1-2H3,(H2,19,20,21,22). The van der Waals surface area contributed by atoms with Crippen molar-refractivity contribution in [3.63, 3.8) is 0 Å². The molecule has 0 radical (unpaired) electrons. The fraction of sp³-hybridized carbons (Fsp3) is 0.412. The minimum absolute atomic E-state index is 0.547. The number of unbranched alkanes of at least 4 members (excludes halogenated alkanes) is 1. The van der Waals surface area contributed by atoms with E-state index in [2.05, 4.69) is 58.7 Å². The van der Waals surface area contributed by atoms with E-state index in [0.29, 0.717) is 17.3 Å². The molecule has 2 aromatic rings. The molecule has 1 aromatic carbocycles. The number of hydrogen-bond acceptors (Lipinski definition) is 5. The number of nitrogens with one attached hydrogen (secondary N) is 2. The van der Waals surface area contributed by atoms with Crippen molar-refractivity contribution in [3.8, 4) is 0 Å². The van der Waals surface area contributed by atoms with Gasteiger partial charge < -0.3 is 16.4 Å². The Morgan fingerprint density at radius 3 is 2.41 bits per heavy atom. The van der Waals surface area contributed by atoms with Gasteiger partial charge in [-0.2, -0.15) is 0 Å². The van der Waals surface area contributed by atoms with E-state index in [-0.39, 0.29) is 0 Å². The highest BCUT2D eigenvalue weighted by molar-refractivity contribution is 5.77. The fourth-order valence-corrected chi connectivity index (χ4v) is 2.15. The number of nitrogen functional groups attached to an aromatic ring is 1. The van der Waals surface area contributed by atoms with Crippen molar-refractivity contribution < 1.29 is 0 Å². The van der Waals surface area contributed by atoms with Crippen LogP contribution in [0.25, 0.3) is 0 Å². The number of nitrogens with zero attached hydrogens (tertiary/aromatic N) is 2. The van der Waals surface area contributed by atoms with Crippen LogP contribution >= 0.6 is 0 Å². The van der Waals surface area contributed by atoms with Gasteiger partial charge in [0, 0.05) is 12.2 Å². The predicted molar refractivity (Wildman–Crippen MR) is 93.6 cm³/mol. The van der Waals surface area contributed by atoms with Crippen LogP contribution < -0.4 is 16.4 Å². The zero-order valence-corrected chi connectivity index (χ0v) is 13.4. The lowest BCUT2D eigenvalue weighted by Gasteiger charge is -2.12. The van der Waals surface area contributed by atoms with Crippen LogP contribution in [0.1, 0.15) is 38.7 Å². The van der Waals surface area contributed by atoms with Crippen molar-refractivity contribution >= 4 is 23.0 Å². The summed E-state index contributed by atoms with van der Waals surface area (Å²) in [6.45, 7) is 5.15. The molecule has 5 nitrogen and oxygen atoms in total. The van der Waals surface area contributed by atoms with Crippen LogP contribution in [0.5, 0.6) is 0 Å². The second-order valence-corrected chi connectivity index (χ2v) is 5.34. The predicted octanol–water partition coefficient (Wildman–Crippen LogP) is 3.97. The van der Waals surface area contributed by atoms with E-state index in [1.807, 2.05) is 0 Å². The summed E-state index contributed by atoms with van der Waals surface area (Å²) >= 11 is 0. The minimum Gasteiger partial charge on any atom is -0.393 e. The van der Waals surface area contributed by atoms with Crippen molar-refractivity contribution in [3.05, 3.63) is 36.2 Å². The van der Waals surface area contributed by atoms with Crippen LogP contribution in [0, 0.1) is 0 Å². The van der Waals surface area contributed by atoms with Gasteiger partial charge in [0.05, 0.1) is 0 Å². The summed E-state index contributed by atoms with van der Waals surface area (Å²) in [5.41, 5.74) is 9.00. The molecule has 1 aromatic heterocycles. The van der Waals surface area contributed by atoms with Gasteiger partial charge in [-0.15, -0.1) is 0 Å². The van der Waals surface area contributed by atoms with Crippen molar-refractivity contribution in [1.82, 2.24) is 9.97 Å². The molecule has 0 atom stereocenters. The summed E-state index contributed by atoms with van der Waals surface area (Å²) in [7, 11) is 0. The maximum absolute atomic E-state index is 6.12. The van der Waals surface area contributed by atoms with Crippen LogP contribution in [0.3, 0.4) is 0 Å². The largest absolute Gasteiger partial charge is 0.393 e. The van der Waals surface area contributed by atoms with Gasteiger partial charge in [0.2, 0.25) is 0 Å². The number of anilines is 4.